The van der Waals surface area contributed by atoms with Crippen LogP contribution in [0.1, 0.15) is 12.0 Å². The van der Waals surface area contributed by atoms with Crippen LogP contribution >= 0.6 is 31.9 Å². The topological polar surface area (TPSA) is 114 Å². The maximum Gasteiger partial charge on any atom is 0.244 e. The number of carbonyl (C=O) groups excluding carboxylic acids is 1. The van der Waals surface area contributed by atoms with Gasteiger partial charge in [-0.15, -0.1) is 0 Å². The standard InChI is InChI=1S/C15H16Br2N4O3S/c1-9-2-3-12(11(17)6-9)21-14(22)4-5-20-25(23,24)13-7-10(16)8-19-15(13)18/h2-3,6-8,20H,4-5H2,1H3,(H2,18,19)(H,21,22). The summed E-state index contributed by atoms with van der Waals surface area (Å²) < 4.78 is 28.1. The van der Waals surface area contributed by atoms with E-state index in [9.17, 15) is 13.2 Å². The fourth-order valence-electron chi connectivity index (χ4n) is 1.96. The zero-order valence-corrected chi connectivity index (χ0v) is 17.2. The lowest BCUT2D eigenvalue weighted by atomic mass is 10.2. The zero-order valence-electron chi connectivity index (χ0n) is 13.2. The van der Waals surface area contributed by atoms with Crippen LogP contribution < -0.4 is 15.8 Å². The monoisotopic (exact) mass is 490 g/mol. The molecule has 0 unspecified atom stereocenters. The number of sulfonamides is 1. The average molecular weight is 492 g/mol. The van der Waals surface area contributed by atoms with Gasteiger partial charge in [0.2, 0.25) is 15.9 Å². The number of nitrogens with one attached hydrogen (secondary N) is 2. The minimum atomic E-state index is -3.85. The van der Waals surface area contributed by atoms with Crippen molar-refractivity contribution in [1.82, 2.24) is 9.71 Å². The lowest BCUT2D eigenvalue weighted by molar-refractivity contribution is -0.116. The van der Waals surface area contributed by atoms with Gasteiger partial charge in [-0.2, -0.15) is 0 Å². The fourth-order valence-corrected chi connectivity index (χ4v) is 4.17. The largest absolute Gasteiger partial charge is 0.383 e. The second-order valence-corrected chi connectivity index (χ2v) is 8.72. The van der Waals surface area contributed by atoms with E-state index in [0.29, 0.717) is 10.2 Å². The number of pyridine rings is 1. The minimum absolute atomic E-state index is 0.0269. The van der Waals surface area contributed by atoms with Gasteiger partial charge in [-0.1, -0.05) is 6.07 Å². The summed E-state index contributed by atoms with van der Waals surface area (Å²) in [5.41, 5.74) is 7.28. The predicted molar refractivity (Wildman–Crippen MR) is 104 cm³/mol. The molecule has 1 aromatic carbocycles. The Morgan fingerprint density at radius 1 is 1.28 bits per heavy atom. The molecule has 0 aliphatic heterocycles. The number of rotatable bonds is 6. The first-order valence-electron chi connectivity index (χ1n) is 7.16. The van der Waals surface area contributed by atoms with E-state index in [1.807, 2.05) is 19.1 Å². The lowest BCUT2D eigenvalue weighted by Crippen LogP contribution is -2.28. The van der Waals surface area contributed by atoms with Crippen LogP contribution in [0.25, 0.3) is 0 Å². The second-order valence-electron chi connectivity index (χ2n) is 5.22. The summed E-state index contributed by atoms with van der Waals surface area (Å²) in [6.07, 6.45) is 1.38. The third kappa shape index (κ3) is 5.50. The molecule has 0 fully saturated rings. The first kappa shape index (κ1) is 19.8. The molecule has 2 aromatic rings. The van der Waals surface area contributed by atoms with Crippen molar-refractivity contribution in [3.63, 3.8) is 0 Å². The average Bonchev–Trinajstić information content (AvgIpc) is 2.52. The molecular formula is C15H16Br2N4O3S. The Bertz CT molecular complexity index is 904. The van der Waals surface area contributed by atoms with Gasteiger partial charge in [0.15, 0.2) is 0 Å². The van der Waals surface area contributed by atoms with Crippen LogP contribution in [0.4, 0.5) is 11.5 Å². The quantitative estimate of drug-likeness (QED) is 0.574. The summed E-state index contributed by atoms with van der Waals surface area (Å²) >= 11 is 6.52. The molecule has 2 rings (SSSR count). The molecule has 25 heavy (non-hydrogen) atoms. The van der Waals surface area contributed by atoms with E-state index in [2.05, 4.69) is 46.9 Å². The van der Waals surface area contributed by atoms with E-state index < -0.39 is 10.0 Å². The Morgan fingerprint density at radius 2 is 2.00 bits per heavy atom. The molecule has 0 aliphatic rings. The molecule has 1 amide bonds. The highest BCUT2D eigenvalue weighted by Gasteiger charge is 2.19. The number of halogens is 2. The van der Waals surface area contributed by atoms with Gasteiger partial charge in [0.1, 0.15) is 10.7 Å². The molecule has 134 valence electrons. The number of aromatic nitrogens is 1. The maximum absolute atomic E-state index is 12.2. The smallest absolute Gasteiger partial charge is 0.244 e. The van der Waals surface area contributed by atoms with Gasteiger partial charge in [-0.25, -0.2) is 18.1 Å². The molecule has 0 saturated carbocycles. The van der Waals surface area contributed by atoms with E-state index >= 15 is 0 Å². The summed E-state index contributed by atoms with van der Waals surface area (Å²) in [4.78, 5) is 15.6. The summed E-state index contributed by atoms with van der Waals surface area (Å²) in [6, 6.07) is 6.87. The van der Waals surface area contributed by atoms with Crippen LogP contribution in [0.3, 0.4) is 0 Å². The SMILES string of the molecule is Cc1ccc(NC(=O)CCNS(=O)(=O)c2cc(Br)cnc2N)c(Br)c1. The number of nitrogens with two attached hydrogens (primary N) is 1. The summed E-state index contributed by atoms with van der Waals surface area (Å²) in [5.74, 6) is -0.420. The number of anilines is 2. The molecule has 0 aliphatic carbocycles. The van der Waals surface area contributed by atoms with Gasteiger partial charge < -0.3 is 11.1 Å². The third-order valence-electron chi connectivity index (χ3n) is 3.18. The number of nitrogen functional groups attached to an aromatic ring is 1. The second kappa shape index (κ2) is 8.26. The number of nitrogens with zero attached hydrogens (tertiary/aromatic N) is 1. The summed E-state index contributed by atoms with van der Waals surface area (Å²) in [5, 5.41) is 2.72. The Balaban J connectivity index is 1.95. The highest BCUT2D eigenvalue weighted by Crippen LogP contribution is 2.23. The van der Waals surface area contributed by atoms with E-state index in [1.165, 1.54) is 12.3 Å². The van der Waals surface area contributed by atoms with Crippen LogP contribution in [-0.2, 0) is 14.8 Å². The van der Waals surface area contributed by atoms with Crippen molar-refractivity contribution in [3.05, 3.63) is 45.0 Å². The highest BCUT2D eigenvalue weighted by atomic mass is 79.9. The third-order valence-corrected chi connectivity index (χ3v) is 5.76. The molecule has 0 radical (unpaired) electrons. The number of benzene rings is 1. The molecular weight excluding hydrogens is 476 g/mol. The highest BCUT2D eigenvalue weighted by molar-refractivity contribution is 9.10. The predicted octanol–water partition coefficient (Wildman–Crippen LogP) is 2.80. The van der Waals surface area contributed by atoms with Crippen LogP contribution in [0, 0.1) is 6.92 Å². The Kier molecular flexibility index (Phi) is 6.55. The Labute approximate surface area is 162 Å². The summed E-state index contributed by atoms with van der Waals surface area (Å²) in [7, 11) is -3.85. The van der Waals surface area contributed by atoms with Crippen LogP contribution in [0.15, 0.2) is 44.3 Å². The molecule has 1 aromatic heterocycles. The maximum atomic E-state index is 12.2. The Morgan fingerprint density at radius 3 is 2.68 bits per heavy atom. The first-order chi connectivity index (χ1) is 11.7. The lowest BCUT2D eigenvalue weighted by Gasteiger charge is -2.10. The van der Waals surface area contributed by atoms with E-state index in [1.54, 1.807) is 6.07 Å². The van der Waals surface area contributed by atoms with E-state index in [0.717, 1.165) is 10.0 Å². The van der Waals surface area contributed by atoms with Gasteiger partial charge in [-0.3, -0.25) is 4.79 Å². The molecule has 0 atom stereocenters. The van der Waals surface area contributed by atoms with Crippen molar-refractivity contribution in [3.8, 4) is 0 Å². The Hall–Kier alpha value is -1.49. The van der Waals surface area contributed by atoms with Crippen molar-refractivity contribution in [2.24, 2.45) is 0 Å². The van der Waals surface area contributed by atoms with Crippen molar-refractivity contribution in [2.75, 3.05) is 17.6 Å². The van der Waals surface area contributed by atoms with Crippen molar-refractivity contribution in [1.29, 1.82) is 0 Å². The van der Waals surface area contributed by atoms with Crippen molar-refractivity contribution < 1.29 is 13.2 Å². The molecule has 0 spiro atoms. The normalized spacial score (nSPS) is 11.3. The first-order valence-corrected chi connectivity index (χ1v) is 10.2. The number of amides is 1. The number of hydrogen-bond donors (Lipinski definition) is 3. The number of hydrogen-bond acceptors (Lipinski definition) is 5. The molecule has 10 heteroatoms. The fraction of sp³-hybridized carbons (Fsp3) is 0.200. The van der Waals surface area contributed by atoms with E-state index in [-0.39, 0.29) is 29.6 Å². The molecule has 0 bridgehead atoms. The van der Waals surface area contributed by atoms with Crippen molar-refractivity contribution in [2.45, 2.75) is 18.2 Å². The van der Waals surface area contributed by atoms with Gasteiger partial charge >= 0.3 is 0 Å². The summed E-state index contributed by atoms with van der Waals surface area (Å²) in [6.45, 7) is 1.87. The number of carbonyl (C=O) groups is 1. The minimum Gasteiger partial charge on any atom is -0.383 e. The van der Waals surface area contributed by atoms with Gasteiger partial charge in [0.25, 0.3) is 0 Å². The molecule has 0 saturated heterocycles. The van der Waals surface area contributed by atoms with Gasteiger partial charge in [0.05, 0.1) is 5.69 Å². The van der Waals surface area contributed by atoms with Gasteiger partial charge in [0, 0.05) is 28.1 Å². The van der Waals surface area contributed by atoms with Gasteiger partial charge in [-0.05, 0) is 62.5 Å². The van der Waals surface area contributed by atoms with Crippen LogP contribution in [0.5, 0.6) is 0 Å². The van der Waals surface area contributed by atoms with Crippen molar-refractivity contribution >= 4 is 59.3 Å². The van der Waals surface area contributed by atoms with E-state index in [4.69, 9.17) is 5.73 Å². The van der Waals surface area contributed by atoms with Crippen LogP contribution in [-0.4, -0.2) is 25.9 Å². The molecule has 7 nitrogen and oxygen atoms in total. The molecule has 1 heterocycles. The number of aryl methyl sites for hydroxylation is 1. The van der Waals surface area contributed by atoms with Crippen LogP contribution in [0.2, 0.25) is 0 Å². The molecule has 4 N–H and O–H groups in total. The zero-order chi connectivity index (χ0) is 18.6.